The van der Waals surface area contributed by atoms with E-state index in [0.29, 0.717) is 11.4 Å². The lowest BCUT2D eigenvalue weighted by Gasteiger charge is -2.13. The summed E-state index contributed by atoms with van der Waals surface area (Å²) in [5.41, 5.74) is 4.75. The monoisotopic (exact) mass is 355 g/mol. The Bertz CT molecular complexity index is 803. The molecule has 138 valence electrons. The molecule has 0 aliphatic heterocycles. The van der Waals surface area contributed by atoms with E-state index in [1.54, 1.807) is 13.2 Å². The van der Waals surface area contributed by atoms with Gasteiger partial charge in [0, 0.05) is 5.69 Å². The predicted molar refractivity (Wildman–Crippen MR) is 104 cm³/mol. The Balaban J connectivity index is 1.83. The van der Waals surface area contributed by atoms with Crippen LogP contribution in [0, 0.1) is 20.8 Å². The van der Waals surface area contributed by atoms with Gasteiger partial charge in [0.25, 0.3) is 0 Å². The van der Waals surface area contributed by atoms with Crippen molar-refractivity contribution in [1.82, 2.24) is 5.32 Å². The standard InChI is InChI=1S/C20H25N3O3/c1-13-8-9-18(26-4)17(10-13)23-20(25)12-22-19(24)11-21-16-7-5-6-14(2)15(16)3/h5-10,21H,11-12H2,1-4H3,(H,22,24)(H,23,25). The highest BCUT2D eigenvalue weighted by molar-refractivity contribution is 5.96. The molecule has 0 heterocycles. The van der Waals surface area contributed by atoms with Gasteiger partial charge in [0.1, 0.15) is 5.75 Å². The van der Waals surface area contributed by atoms with Crippen LogP contribution in [0.15, 0.2) is 36.4 Å². The number of ether oxygens (including phenoxy) is 1. The molecule has 0 fully saturated rings. The summed E-state index contributed by atoms with van der Waals surface area (Å²) >= 11 is 0. The third-order valence-electron chi connectivity index (χ3n) is 4.12. The third kappa shape index (κ3) is 5.24. The Morgan fingerprint density at radius 3 is 2.46 bits per heavy atom. The molecule has 3 N–H and O–H groups in total. The summed E-state index contributed by atoms with van der Waals surface area (Å²) in [4.78, 5) is 24.0. The van der Waals surface area contributed by atoms with Crippen LogP contribution in [0.3, 0.4) is 0 Å². The Morgan fingerprint density at radius 1 is 0.962 bits per heavy atom. The zero-order chi connectivity index (χ0) is 19.1. The lowest BCUT2D eigenvalue weighted by Crippen LogP contribution is -2.36. The number of carbonyl (C=O) groups excluding carboxylic acids is 2. The summed E-state index contributed by atoms with van der Waals surface area (Å²) in [5, 5.41) is 8.44. The van der Waals surface area contributed by atoms with Crippen LogP contribution in [0.1, 0.15) is 16.7 Å². The minimum absolute atomic E-state index is 0.103. The normalized spacial score (nSPS) is 10.2. The number of hydrogen-bond donors (Lipinski definition) is 3. The molecular formula is C20H25N3O3. The number of amides is 2. The fourth-order valence-corrected chi connectivity index (χ4v) is 2.47. The van der Waals surface area contributed by atoms with Crippen LogP contribution < -0.4 is 20.7 Å². The van der Waals surface area contributed by atoms with Gasteiger partial charge in [-0.1, -0.05) is 18.2 Å². The topological polar surface area (TPSA) is 79.5 Å². The molecule has 2 aromatic carbocycles. The SMILES string of the molecule is COc1ccc(C)cc1NC(=O)CNC(=O)CNc1cccc(C)c1C. The number of anilines is 2. The van der Waals surface area contributed by atoms with Gasteiger partial charge in [-0.15, -0.1) is 0 Å². The molecule has 0 aromatic heterocycles. The van der Waals surface area contributed by atoms with Crippen LogP contribution in [0.5, 0.6) is 5.75 Å². The van der Waals surface area contributed by atoms with Gasteiger partial charge >= 0.3 is 0 Å². The fraction of sp³-hybridized carbons (Fsp3) is 0.300. The average molecular weight is 355 g/mol. The Hall–Kier alpha value is -3.02. The van der Waals surface area contributed by atoms with Crippen LogP contribution in [-0.2, 0) is 9.59 Å². The minimum Gasteiger partial charge on any atom is -0.495 e. The maximum absolute atomic E-state index is 12.1. The second-order valence-corrected chi connectivity index (χ2v) is 6.13. The van der Waals surface area contributed by atoms with Crippen molar-refractivity contribution in [3.63, 3.8) is 0 Å². The van der Waals surface area contributed by atoms with Crippen molar-refractivity contribution in [1.29, 1.82) is 0 Å². The first-order valence-corrected chi connectivity index (χ1v) is 8.42. The summed E-state index contributed by atoms with van der Waals surface area (Å²) in [6, 6.07) is 11.4. The predicted octanol–water partition coefficient (Wildman–Crippen LogP) is 2.79. The number of nitrogens with one attached hydrogen (secondary N) is 3. The zero-order valence-corrected chi connectivity index (χ0v) is 15.6. The van der Waals surface area contributed by atoms with Gasteiger partial charge in [-0.25, -0.2) is 0 Å². The molecule has 0 aliphatic carbocycles. The van der Waals surface area contributed by atoms with Crippen molar-refractivity contribution in [3.8, 4) is 5.75 Å². The Morgan fingerprint density at radius 2 is 1.73 bits per heavy atom. The van der Waals surface area contributed by atoms with Gasteiger partial charge < -0.3 is 20.7 Å². The second-order valence-electron chi connectivity index (χ2n) is 6.13. The lowest BCUT2D eigenvalue weighted by atomic mass is 10.1. The molecular weight excluding hydrogens is 330 g/mol. The van der Waals surface area contributed by atoms with E-state index >= 15 is 0 Å². The van der Waals surface area contributed by atoms with Gasteiger partial charge in [-0.2, -0.15) is 0 Å². The van der Waals surface area contributed by atoms with E-state index in [0.717, 1.165) is 22.4 Å². The second kappa shape index (κ2) is 8.89. The zero-order valence-electron chi connectivity index (χ0n) is 15.6. The van der Waals surface area contributed by atoms with Gasteiger partial charge in [-0.3, -0.25) is 9.59 Å². The quantitative estimate of drug-likeness (QED) is 0.713. The molecule has 0 bridgehead atoms. The molecule has 2 rings (SSSR count). The van der Waals surface area contributed by atoms with Crippen LogP contribution in [0.25, 0.3) is 0 Å². The lowest BCUT2D eigenvalue weighted by molar-refractivity contribution is -0.122. The molecule has 0 aliphatic rings. The third-order valence-corrected chi connectivity index (χ3v) is 4.12. The largest absolute Gasteiger partial charge is 0.495 e. The molecule has 0 saturated carbocycles. The van der Waals surface area contributed by atoms with E-state index < -0.39 is 0 Å². The molecule has 6 nitrogen and oxygen atoms in total. The summed E-state index contributed by atoms with van der Waals surface area (Å²) in [5.74, 6) is 0.0121. The highest BCUT2D eigenvalue weighted by Gasteiger charge is 2.10. The number of carbonyl (C=O) groups is 2. The summed E-state index contributed by atoms with van der Waals surface area (Å²) in [7, 11) is 1.54. The van der Waals surface area contributed by atoms with Crippen molar-refractivity contribution in [2.45, 2.75) is 20.8 Å². The Labute approximate surface area is 153 Å². The van der Waals surface area contributed by atoms with Crippen LogP contribution in [0.2, 0.25) is 0 Å². The van der Waals surface area contributed by atoms with E-state index in [1.165, 1.54) is 0 Å². The number of aryl methyl sites for hydroxylation is 2. The van der Waals surface area contributed by atoms with Gasteiger partial charge in [0.05, 0.1) is 25.9 Å². The van der Waals surface area contributed by atoms with E-state index in [4.69, 9.17) is 4.74 Å². The first-order valence-electron chi connectivity index (χ1n) is 8.42. The molecule has 6 heteroatoms. The van der Waals surface area contributed by atoms with Crippen LogP contribution >= 0.6 is 0 Å². The molecule has 0 spiro atoms. The van der Waals surface area contributed by atoms with E-state index in [2.05, 4.69) is 16.0 Å². The number of methoxy groups -OCH3 is 1. The van der Waals surface area contributed by atoms with Crippen molar-refractivity contribution < 1.29 is 14.3 Å². The molecule has 0 atom stereocenters. The van der Waals surface area contributed by atoms with Gasteiger partial charge in [0.15, 0.2) is 0 Å². The highest BCUT2D eigenvalue weighted by Crippen LogP contribution is 2.24. The number of rotatable bonds is 7. The maximum Gasteiger partial charge on any atom is 0.243 e. The highest BCUT2D eigenvalue weighted by atomic mass is 16.5. The molecule has 26 heavy (non-hydrogen) atoms. The van der Waals surface area contributed by atoms with Crippen molar-refractivity contribution in [2.24, 2.45) is 0 Å². The first-order chi connectivity index (χ1) is 12.4. The average Bonchev–Trinajstić information content (AvgIpc) is 2.61. The minimum atomic E-state index is -0.311. The smallest absolute Gasteiger partial charge is 0.243 e. The van der Waals surface area contributed by atoms with Crippen molar-refractivity contribution in [2.75, 3.05) is 30.8 Å². The molecule has 0 saturated heterocycles. The van der Waals surface area contributed by atoms with Gasteiger partial charge in [0.2, 0.25) is 11.8 Å². The molecule has 0 unspecified atom stereocenters. The summed E-state index contributed by atoms with van der Waals surface area (Å²) < 4.78 is 5.22. The maximum atomic E-state index is 12.1. The van der Waals surface area contributed by atoms with E-state index in [-0.39, 0.29) is 24.9 Å². The van der Waals surface area contributed by atoms with Crippen molar-refractivity contribution >= 4 is 23.2 Å². The fourth-order valence-electron chi connectivity index (χ4n) is 2.47. The van der Waals surface area contributed by atoms with Gasteiger partial charge in [-0.05, 0) is 55.7 Å². The Kier molecular flexibility index (Phi) is 6.60. The molecule has 2 amide bonds. The first kappa shape index (κ1) is 19.3. The van der Waals surface area contributed by atoms with Crippen LogP contribution in [0.4, 0.5) is 11.4 Å². The van der Waals surface area contributed by atoms with Crippen molar-refractivity contribution in [3.05, 3.63) is 53.1 Å². The molecule has 2 aromatic rings. The van der Waals surface area contributed by atoms with E-state index in [1.807, 2.05) is 51.1 Å². The van der Waals surface area contributed by atoms with Crippen LogP contribution in [-0.4, -0.2) is 32.0 Å². The summed E-state index contributed by atoms with van der Waals surface area (Å²) in [6.07, 6.45) is 0. The summed E-state index contributed by atoms with van der Waals surface area (Å²) in [6.45, 7) is 5.94. The molecule has 0 radical (unpaired) electrons. The number of hydrogen-bond acceptors (Lipinski definition) is 4. The van der Waals surface area contributed by atoms with E-state index in [9.17, 15) is 9.59 Å². The number of benzene rings is 2.